The van der Waals surface area contributed by atoms with Crippen molar-refractivity contribution in [1.82, 2.24) is 29.0 Å². The molecule has 186 valence electrons. The normalized spacial score (nSPS) is 23.6. The first kappa shape index (κ1) is 21.7. The maximum absolute atomic E-state index is 13.8. The minimum absolute atomic E-state index is 0.179. The lowest BCUT2D eigenvalue weighted by Crippen LogP contribution is -2.45. The highest BCUT2D eigenvalue weighted by molar-refractivity contribution is 5.97. The van der Waals surface area contributed by atoms with E-state index in [-0.39, 0.29) is 18.6 Å². The number of halogens is 2. The molecule has 2 atom stereocenters. The highest BCUT2D eigenvalue weighted by atomic mass is 19.3. The number of morpholine rings is 1. The van der Waals surface area contributed by atoms with E-state index in [0.29, 0.717) is 30.1 Å². The number of fused-ring (bicyclic) bond motifs is 4. The van der Waals surface area contributed by atoms with Crippen molar-refractivity contribution in [2.45, 2.75) is 43.8 Å². The summed E-state index contributed by atoms with van der Waals surface area (Å²) in [5.74, 6) is -2.55. The summed E-state index contributed by atoms with van der Waals surface area (Å²) in [6.45, 7) is 1.40. The topological polar surface area (TPSA) is 80.8 Å². The van der Waals surface area contributed by atoms with Crippen molar-refractivity contribution >= 4 is 28.5 Å². The van der Waals surface area contributed by atoms with Crippen LogP contribution in [0.5, 0.6) is 0 Å². The van der Waals surface area contributed by atoms with Crippen LogP contribution in [0.2, 0.25) is 0 Å². The van der Waals surface area contributed by atoms with Crippen molar-refractivity contribution in [2.75, 3.05) is 31.1 Å². The molecule has 3 aliphatic rings. The molecule has 0 saturated carbocycles. The lowest BCUT2D eigenvalue weighted by Gasteiger charge is -2.32. The third kappa shape index (κ3) is 3.69. The smallest absolute Gasteiger partial charge is 0.265 e. The summed E-state index contributed by atoms with van der Waals surface area (Å²) in [7, 11) is 0. The molecule has 11 heteroatoms. The Kier molecular flexibility index (Phi) is 4.79. The molecule has 7 heterocycles. The quantitative estimate of drug-likeness (QED) is 0.436. The van der Waals surface area contributed by atoms with Crippen molar-refractivity contribution in [3.63, 3.8) is 0 Å². The van der Waals surface area contributed by atoms with E-state index in [2.05, 4.69) is 9.88 Å². The predicted molar refractivity (Wildman–Crippen MR) is 128 cm³/mol. The summed E-state index contributed by atoms with van der Waals surface area (Å²) in [6, 6.07) is 7.45. The van der Waals surface area contributed by atoms with Crippen LogP contribution in [0.3, 0.4) is 0 Å². The Labute approximate surface area is 205 Å². The van der Waals surface area contributed by atoms with Gasteiger partial charge in [-0.3, -0.25) is 9.36 Å². The van der Waals surface area contributed by atoms with Crippen LogP contribution in [0.25, 0.3) is 22.4 Å². The molecule has 0 aromatic carbocycles. The van der Waals surface area contributed by atoms with Gasteiger partial charge in [0.15, 0.2) is 5.65 Å². The average molecular weight is 494 g/mol. The second kappa shape index (κ2) is 7.95. The molecule has 3 aliphatic heterocycles. The molecule has 0 N–H and O–H groups in total. The number of amides is 1. The van der Waals surface area contributed by atoms with Crippen LogP contribution in [-0.4, -0.2) is 79.3 Å². The van der Waals surface area contributed by atoms with Crippen LogP contribution in [0.4, 0.5) is 14.7 Å². The van der Waals surface area contributed by atoms with Crippen molar-refractivity contribution in [3.8, 4) is 5.69 Å². The molecule has 3 saturated heterocycles. The molecular weight excluding hydrogens is 468 g/mol. The van der Waals surface area contributed by atoms with Gasteiger partial charge in [0.05, 0.1) is 36.2 Å². The van der Waals surface area contributed by atoms with Gasteiger partial charge >= 0.3 is 0 Å². The zero-order valence-electron chi connectivity index (χ0n) is 19.6. The lowest BCUT2D eigenvalue weighted by atomic mass is 10.1. The number of pyridine rings is 2. The number of rotatable bonds is 3. The van der Waals surface area contributed by atoms with E-state index in [4.69, 9.17) is 14.8 Å². The maximum Gasteiger partial charge on any atom is 0.265 e. The van der Waals surface area contributed by atoms with Crippen LogP contribution < -0.4 is 4.90 Å². The molecule has 2 unspecified atom stereocenters. The SMILES string of the molecule is O=C(c1cnc2c(ccn2-c2ccc3nc(N4CC5CCC(C4)O5)nn3c2)c1)N1CCCC(F)(F)C1. The molecule has 1 amide bonds. The Hall–Kier alpha value is -3.60. The summed E-state index contributed by atoms with van der Waals surface area (Å²) in [5.41, 5.74) is 2.58. The summed E-state index contributed by atoms with van der Waals surface area (Å²) in [6.07, 6.45) is 8.04. The molecule has 2 bridgehead atoms. The Morgan fingerprint density at radius 3 is 2.78 bits per heavy atom. The van der Waals surface area contributed by atoms with Crippen LogP contribution >= 0.6 is 0 Å². The van der Waals surface area contributed by atoms with E-state index in [9.17, 15) is 13.6 Å². The molecule has 0 radical (unpaired) electrons. The standard InChI is InChI=1S/C25H25F2N7O2/c26-25(27)7-1-8-31(15-25)23(35)17-10-16-6-9-33(22(16)28-11-17)18-2-5-21-29-24(30-34(21)12-18)32-13-19-3-4-20(14-32)36-19/h2,5-6,9-12,19-20H,1,3-4,7-8,13-15H2. The molecule has 36 heavy (non-hydrogen) atoms. The van der Waals surface area contributed by atoms with Gasteiger partial charge in [0, 0.05) is 43.8 Å². The van der Waals surface area contributed by atoms with E-state index in [1.54, 1.807) is 10.6 Å². The van der Waals surface area contributed by atoms with Crippen LogP contribution in [0.15, 0.2) is 42.9 Å². The zero-order chi connectivity index (χ0) is 24.4. The van der Waals surface area contributed by atoms with Gasteiger partial charge < -0.3 is 14.5 Å². The predicted octanol–water partition coefficient (Wildman–Crippen LogP) is 3.31. The number of aromatic nitrogens is 5. The molecule has 7 rings (SSSR count). The lowest BCUT2D eigenvalue weighted by molar-refractivity contribution is -0.0560. The van der Waals surface area contributed by atoms with Crippen molar-refractivity contribution < 1.29 is 18.3 Å². The molecule has 3 fully saturated rings. The third-order valence-corrected chi connectivity index (χ3v) is 7.36. The largest absolute Gasteiger partial charge is 0.371 e. The fourth-order valence-corrected chi connectivity index (χ4v) is 5.59. The number of carbonyl (C=O) groups is 1. The number of alkyl halides is 2. The Bertz CT molecular complexity index is 1470. The fourth-order valence-electron chi connectivity index (χ4n) is 5.59. The highest BCUT2D eigenvalue weighted by Gasteiger charge is 2.37. The molecule has 9 nitrogen and oxygen atoms in total. The van der Waals surface area contributed by atoms with E-state index in [0.717, 1.165) is 42.7 Å². The number of hydrogen-bond acceptors (Lipinski definition) is 6. The van der Waals surface area contributed by atoms with Gasteiger partial charge in [0.2, 0.25) is 5.95 Å². The number of nitrogens with zero attached hydrogens (tertiary/aromatic N) is 7. The first-order valence-electron chi connectivity index (χ1n) is 12.3. The fraction of sp³-hybridized carbons (Fsp3) is 0.440. The maximum atomic E-state index is 13.8. The molecule has 0 aliphatic carbocycles. The van der Waals surface area contributed by atoms with Crippen LogP contribution in [-0.2, 0) is 4.74 Å². The number of anilines is 1. The van der Waals surface area contributed by atoms with Gasteiger partial charge in [0.25, 0.3) is 11.8 Å². The van der Waals surface area contributed by atoms with E-state index >= 15 is 0 Å². The number of likely N-dealkylation sites (tertiary alicyclic amines) is 1. The van der Waals surface area contributed by atoms with E-state index in [1.807, 2.05) is 35.2 Å². The monoisotopic (exact) mass is 493 g/mol. The summed E-state index contributed by atoms with van der Waals surface area (Å²) >= 11 is 0. The average Bonchev–Trinajstić information content (AvgIpc) is 3.58. The van der Waals surface area contributed by atoms with Crippen LogP contribution in [0.1, 0.15) is 36.0 Å². The van der Waals surface area contributed by atoms with Gasteiger partial charge in [-0.15, -0.1) is 5.10 Å². The third-order valence-electron chi connectivity index (χ3n) is 7.36. The Morgan fingerprint density at radius 2 is 1.97 bits per heavy atom. The van der Waals surface area contributed by atoms with Gasteiger partial charge in [-0.2, -0.15) is 4.98 Å². The summed E-state index contributed by atoms with van der Waals surface area (Å²) in [5, 5.41) is 5.47. The van der Waals surface area contributed by atoms with Crippen LogP contribution in [0, 0.1) is 0 Å². The molecule has 0 spiro atoms. The number of carbonyl (C=O) groups excluding carboxylic acids is 1. The minimum atomic E-state index is -2.84. The van der Waals surface area contributed by atoms with Gasteiger partial charge in [0.1, 0.15) is 5.65 Å². The van der Waals surface area contributed by atoms with Crippen molar-refractivity contribution in [2.24, 2.45) is 0 Å². The van der Waals surface area contributed by atoms with Gasteiger partial charge in [-0.25, -0.2) is 18.3 Å². The van der Waals surface area contributed by atoms with Gasteiger partial charge in [-0.1, -0.05) is 0 Å². The molecule has 4 aromatic rings. The second-order valence-corrected chi connectivity index (χ2v) is 9.97. The molecule has 4 aromatic heterocycles. The second-order valence-electron chi connectivity index (χ2n) is 9.97. The first-order chi connectivity index (χ1) is 17.4. The first-order valence-corrected chi connectivity index (χ1v) is 12.3. The highest BCUT2D eigenvalue weighted by Crippen LogP contribution is 2.30. The summed E-state index contributed by atoms with van der Waals surface area (Å²) in [4.78, 5) is 25.5. The van der Waals surface area contributed by atoms with E-state index in [1.165, 1.54) is 11.1 Å². The number of piperidine rings is 1. The number of hydrogen-bond donors (Lipinski definition) is 0. The number of ether oxygens (including phenoxy) is 1. The van der Waals surface area contributed by atoms with E-state index < -0.39 is 18.4 Å². The zero-order valence-corrected chi connectivity index (χ0v) is 19.6. The Balaban J connectivity index is 1.16. The van der Waals surface area contributed by atoms with Crippen molar-refractivity contribution in [3.05, 3.63) is 48.4 Å². The summed E-state index contributed by atoms with van der Waals surface area (Å²) < 4.78 is 37.2. The Morgan fingerprint density at radius 1 is 1.14 bits per heavy atom. The van der Waals surface area contributed by atoms with Gasteiger partial charge in [-0.05, 0) is 43.5 Å². The molecular formula is C25H25F2N7O2. The minimum Gasteiger partial charge on any atom is -0.371 e. The van der Waals surface area contributed by atoms with Crippen molar-refractivity contribution in [1.29, 1.82) is 0 Å².